The fraction of sp³-hybridized carbons (Fsp3) is 0.636. The van der Waals surface area contributed by atoms with Crippen LogP contribution in [0.2, 0.25) is 0 Å². The number of piperazine rings is 1. The predicted molar refractivity (Wildman–Crippen MR) is 122 cm³/mol. The van der Waals surface area contributed by atoms with Gasteiger partial charge >= 0.3 is 12.1 Å². The van der Waals surface area contributed by atoms with E-state index in [1.165, 1.54) is 0 Å². The Morgan fingerprint density at radius 1 is 1.14 bits per heavy atom. The second kappa shape index (κ2) is 13.1. The first kappa shape index (κ1) is 28.9. The third-order valence-electron chi connectivity index (χ3n) is 5.73. The molecule has 2 fully saturated rings. The second-order valence-electron chi connectivity index (χ2n) is 8.14. The van der Waals surface area contributed by atoms with Crippen molar-refractivity contribution in [2.75, 3.05) is 39.3 Å². The monoisotopic (exact) mass is 523 g/mol. The molecule has 9 nitrogen and oxygen atoms in total. The number of hydrogen-bond acceptors (Lipinski definition) is 6. The summed E-state index contributed by atoms with van der Waals surface area (Å²) >= 11 is 0. The van der Waals surface area contributed by atoms with Crippen molar-refractivity contribution in [3.63, 3.8) is 0 Å². The Balaban J connectivity index is 0.000000540. The Morgan fingerprint density at radius 3 is 2.17 bits per heavy atom. The second-order valence-corrected chi connectivity index (χ2v) is 10.0. The summed E-state index contributed by atoms with van der Waals surface area (Å²) in [6.07, 6.45) is -1.07. The van der Waals surface area contributed by atoms with E-state index in [1.54, 1.807) is 28.6 Å². The van der Waals surface area contributed by atoms with Crippen LogP contribution < -0.4 is 10.1 Å². The molecule has 0 atom stereocenters. The molecule has 198 valence electrons. The maximum atomic E-state index is 13.3. The van der Waals surface area contributed by atoms with E-state index >= 15 is 0 Å². The van der Waals surface area contributed by atoms with Crippen molar-refractivity contribution in [1.29, 1.82) is 0 Å². The van der Waals surface area contributed by atoms with E-state index in [4.69, 9.17) is 14.6 Å². The molecule has 2 aliphatic rings. The normalized spacial score (nSPS) is 17.1. The minimum atomic E-state index is -5.08. The third kappa shape index (κ3) is 8.65. The molecular weight excluding hydrogens is 491 g/mol. The molecule has 13 heteroatoms. The SMILES string of the molecule is CCOc1ccc(S(=O)(=O)N(CCC(=O)N2CCNCC2)C2CCCC2)cc1.O=C(O)C(F)(F)F. The van der Waals surface area contributed by atoms with Gasteiger partial charge in [-0.05, 0) is 44.0 Å². The zero-order valence-electron chi connectivity index (χ0n) is 19.6. The fourth-order valence-electron chi connectivity index (χ4n) is 3.98. The number of carbonyl (C=O) groups is 2. The van der Waals surface area contributed by atoms with Gasteiger partial charge in [0.2, 0.25) is 15.9 Å². The Morgan fingerprint density at radius 2 is 1.69 bits per heavy atom. The summed E-state index contributed by atoms with van der Waals surface area (Å²) < 4.78 is 65.4. The summed E-state index contributed by atoms with van der Waals surface area (Å²) in [5.41, 5.74) is 0. The lowest BCUT2D eigenvalue weighted by atomic mass is 10.2. The van der Waals surface area contributed by atoms with Crippen LogP contribution in [0.3, 0.4) is 0 Å². The van der Waals surface area contributed by atoms with Gasteiger partial charge < -0.3 is 20.1 Å². The molecule has 0 spiro atoms. The molecule has 1 aromatic rings. The minimum absolute atomic E-state index is 0.0209. The first-order chi connectivity index (χ1) is 16.5. The fourth-order valence-corrected chi connectivity index (χ4v) is 5.67. The van der Waals surface area contributed by atoms with E-state index in [1.807, 2.05) is 11.8 Å². The molecule has 0 unspecified atom stereocenters. The number of aliphatic carboxylic acids is 1. The number of hydrogen-bond donors (Lipinski definition) is 2. The van der Waals surface area contributed by atoms with Crippen LogP contribution >= 0.6 is 0 Å². The van der Waals surface area contributed by atoms with Crippen LogP contribution in [0.4, 0.5) is 13.2 Å². The molecule has 2 N–H and O–H groups in total. The summed E-state index contributed by atoms with van der Waals surface area (Å²) in [5, 5.41) is 10.4. The van der Waals surface area contributed by atoms with Gasteiger partial charge in [-0.2, -0.15) is 17.5 Å². The molecule has 1 heterocycles. The lowest BCUT2D eigenvalue weighted by Gasteiger charge is -2.31. The third-order valence-corrected chi connectivity index (χ3v) is 7.70. The smallest absolute Gasteiger partial charge is 0.490 e. The van der Waals surface area contributed by atoms with Gasteiger partial charge in [-0.3, -0.25) is 4.79 Å². The van der Waals surface area contributed by atoms with Gasteiger partial charge in [0, 0.05) is 45.2 Å². The lowest BCUT2D eigenvalue weighted by molar-refractivity contribution is -0.192. The first-order valence-corrected chi connectivity index (χ1v) is 12.9. The van der Waals surface area contributed by atoms with Gasteiger partial charge in [-0.1, -0.05) is 12.8 Å². The van der Waals surface area contributed by atoms with Crippen molar-refractivity contribution < 1.29 is 41.0 Å². The average molecular weight is 524 g/mol. The van der Waals surface area contributed by atoms with Crippen LogP contribution in [0.25, 0.3) is 0 Å². The van der Waals surface area contributed by atoms with Gasteiger partial charge in [0.05, 0.1) is 11.5 Å². The summed E-state index contributed by atoms with van der Waals surface area (Å²) in [5.74, 6) is -2.07. The zero-order valence-corrected chi connectivity index (χ0v) is 20.4. The maximum absolute atomic E-state index is 13.3. The number of sulfonamides is 1. The molecule has 1 saturated carbocycles. The van der Waals surface area contributed by atoms with Crippen molar-refractivity contribution in [2.24, 2.45) is 0 Å². The van der Waals surface area contributed by atoms with Gasteiger partial charge in [0.15, 0.2) is 0 Å². The number of nitrogens with zero attached hydrogens (tertiary/aromatic N) is 2. The number of carboxylic acids is 1. The number of carboxylic acid groups (broad SMARTS) is 1. The molecule has 3 rings (SSSR count). The standard InChI is InChI=1S/C20H31N3O4S.C2HF3O2/c1-2-27-18-7-9-19(10-8-18)28(25,26)23(17-5-3-4-6-17)14-11-20(24)22-15-12-21-13-16-22;3-2(4,5)1(6)7/h7-10,17,21H,2-6,11-16H2,1H3;(H,6,7). The van der Waals surface area contributed by atoms with Crippen molar-refractivity contribution in [3.8, 4) is 5.75 Å². The Kier molecular flexibility index (Phi) is 10.8. The van der Waals surface area contributed by atoms with E-state index in [0.717, 1.165) is 38.8 Å². The van der Waals surface area contributed by atoms with Crippen molar-refractivity contribution in [3.05, 3.63) is 24.3 Å². The van der Waals surface area contributed by atoms with E-state index in [0.29, 0.717) is 25.4 Å². The van der Waals surface area contributed by atoms with E-state index in [-0.39, 0.29) is 29.8 Å². The van der Waals surface area contributed by atoms with Crippen molar-refractivity contribution in [2.45, 2.75) is 56.1 Å². The van der Waals surface area contributed by atoms with Crippen molar-refractivity contribution >= 4 is 21.9 Å². The van der Waals surface area contributed by atoms with Gasteiger partial charge in [-0.15, -0.1) is 0 Å². The quantitative estimate of drug-likeness (QED) is 0.538. The molecule has 0 bridgehead atoms. The minimum Gasteiger partial charge on any atom is -0.494 e. The first-order valence-electron chi connectivity index (χ1n) is 11.5. The summed E-state index contributed by atoms with van der Waals surface area (Å²) in [4.78, 5) is 23.5. The highest BCUT2D eigenvalue weighted by Crippen LogP contribution is 2.29. The van der Waals surface area contributed by atoms with E-state index in [9.17, 15) is 26.4 Å². The molecule has 1 aliphatic carbocycles. The number of amides is 1. The average Bonchev–Trinajstić information content (AvgIpc) is 3.34. The zero-order chi connectivity index (χ0) is 26.1. The summed E-state index contributed by atoms with van der Waals surface area (Å²) in [7, 11) is -3.65. The molecule has 1 aliphatic heterocycles. The van der Waals surface area contributed by atoms with Crippen LogP contribution in [0, 0.1) is 0 Å². The highest BCUT2D eigenvalue weighted by atomic mass is 32.2. The Labute approximate surface area is 203 Å². The number of benzene rings is 1. The molecule has 0 radical (unpaired) electrons. The van der Waals surface area contributed by atoms with Crippen LogP contribution in [0.5, 0.6) is 5.75 Å². The number of halogens is 3. The van der Waals surface area contributed by atoms with Crippen LogP contribution in [-0.4, -0.2) is 86.2 Å². The molecule has 35 heavy (non-hydrogen) atoms. The van der Waals surface area contributed by atoms with E-state index in [2.05, 4.69) is 5.32 Å². The molecule has 1 saturated heterocycles. The highest BCUT2D eigenvalue weighted by Gasteiger charge is 2.38. The molecular formula is C22H32F3N3O6S. The maximum Gasteiger partial charge on any atom is 0.490 e. The van der Waals surface area contributed by atoms with Crippen LogP contribution in [0.15, 0.2) is 29.2 Å². The molecule has 1 amide bonds. The van der Waals surface area contributed by atoms with Gasteiger partial charge in [0.1, 0.15) is 5.75 Å². The van der Waals surface area contributed by atoms with Crippen LogP contribution in [0.1, 0.15) is 39.0 Å². The number of ether oxygens (including phenoxy) is 1. The van der Waals surface area contributed by atoms with Crippen molar-refractivity contribution in [1.82, 2.24) is 14.5 Å². The molecule has 1 aromatic carbocycles. The topological polar surface area (TPSA) is 116 Å². The van der Waals surface area contributed by atoms with Crippen LogP contribution in [-0.2, 0) is 19.6 Å². The molecule has 0 aromatic heterocycles. The van der Waals surface area contributed by atoms with Gasteiger partial charge in [0.25, 0.3) is 0 Å². The lowest BCUT2D eigenvalue weighted by Crippen LogP contribution is -2.48. The Hall–Kier alpha value is -2.38. The van der Waals surface area contributed by atoms with Gasteiger partial charge in [-0.25, -0.2) is 13.2 Å². The highest BCUT2D eigenvalue weighted by molar-refractivity contribution is 7.89. The summed E-state index contributed by atoms with van der Waals surface area (Å²) in [6.45, 7) is 5.63. The largest absolute Gasteiger partial charge is 0.494 e. The number of rotatable bonds is 8. The number of carbonyl (C=O) groups excluding carboxylic acids is 1. The summed E-state index contributed by atoms with van der Waals surface area (Å²) in [6, 6.07) is 6.55. The number of alkyl halides is 3. The number of nitrogens with one attached hydrogen (secondary N) is 1. The predicted octanol–water partition coefficient (Wildman–Crippen LogP) is 2.47. The van der Waals surface area contributed by atoms with E-state index < -0.39 is 22.2 Å². The Bertz CT molecular complexity index is 929.